The first-order valence-corrected chi connectivity index (χ1v) is 7.42. The molecule has 2 aromatic rings. The number of nitrogen functional groups attached to an aromatic ring is 1. The highest BCUT2D eigenvalue weighted by molar-refractivity contribution is 5.91. The van der Waals surface area contributed by atoms with Gasteiger partial charge in [-0.2, -0.15) is 0 Å². The maximum atomic E-state index is 12.1. The molecule has 0 spiro atoms. The Balaban J connectivity index is 2.29. The number of nitrogens with zero attached hydrogens (tertiary/aromatic N) is 2. The third-order valence-electron chi connectivity index (χ3n) is 3.23. The van der Waals surface area contributed by atoms with Crippen LogP contribution in [0.15, 0.2) is 18.2 Å². The number of nitrogens with two attached hydrogens (primary N) is 1. The van der Waals surface area contributed by atoms with Gasteiger partial charge < -0.3 is 15.2 Å². The lowest BCUT2D eigenvalue weighted by Gasteiger charge is -2.13. The second-order valence-electron chi connectivity index (χ2n) is 5.32. The predicted octanol–water partition coefficient (Wildman–Crippen LogP) is 2.74. The van der Waals surface area contributed by atoms with Crippen molar-refractivity contribution in [2.75, 3.05) is 12.3 Å². The molecule has 0 radical (unpaired) electrons. The average Bonchev–Trinajstić information content (AvgIpc) is 2.43. The van der Waals surface area contributed by atoms with Crippen LogP contribution in [0, 0.1) is 20.8 Å². The van der Waals surface area contributed by atoms with Gasteiger partial charge in [0.2, 0.25) is 5.95 Å². The van der Waals surface area contributed by atoms with Crippen molar-refractivity contribution in [3.63, 3.8) is 0 Å². The van der Waals surface area contributed by atoms with Gasteiger partial charge in [0, 0.05) is 0 Å². The lowest BCUT2D eigenvalue weighted by Crippen LogP contribution is -2.16. The Kier molecular flexibility index (Phi) is 5.16. The number of carbonyl (C=O) groups excluding carboxylic acids is 1. The Morgan fingerprint density at radius 2 is 1.78 bits per heavy atom. The van der Waals surface area contributed by atoms with Gasteiger partial charge in [0.1, 0.15) is 17.9 Å². The van der Waals surface area contributed by atoms with Crippen LogP contribution in [0.3, 0.4) is 0 Å². The number of aromatic nitrogens is 2. The Hall–Kier alpha value is -2.63. The molecule has 0 saturated heterocycles. The number of carbonyl (C=O) groups is 1. The van der Waals surface area contributed by atoms with E-state index in [2.05, 4.69) is 16.0 Å². The largest absolute Gasteiger partial charge is 0.487 e. The number of hydrogen-bond acceptors (Lipinski definition) is 6. The van der Waals surface area contributed by atoms with Crippen molar-refractivity contribution in [1.82, 2.24) is 9.97 Å². The highest BCUT2D eigenvalue weighted by Gasteiger charge is 2.19. The van der Waals surface area contributed by atoms with Gasteiger partial charge in [0.05, 0.1) is 18.0 Å². The summed E-state index contributed by atoms with van der Waals surface area (Å²) in [7, 11) is 0. The zero-order valence-corrected chi connectivity index (χ0v) is 13.8. The number of ether oxygens (including phenoxy) is 2. The fourth-order valence-electron chi connectivity index (χ4n) is 2.40. The van der Waals surface area contributed by atoms with Crippen molar-refractivity contribution in [2.24, 2.45) is 0 Å². The van der Waals surface area contributed by atoms with E-state index in [0.29, 0.717) is 22.7 Å². The summed E-state index contributed by atoms with van der Waals surface area (Å²) < 4.78 is 10.8. The summed E-state index contributed by atoms with van der Waals surface area (Å²) >= 11 is 0. The fourth-order valence-corrected chi connectivity index (χ4v) is 2.40. The quantitative estimate of drug-likeness (QED) is 0.854. The molecular weight excluding hydrogens is 294 g/mol. The molecule has 6 heteroatoms. The van der Waals surface area contributed by atoms with Gasteiger partial charge in [0.15, 0.2) is 0 Å². The van der Waals surface area contributed by atoms with Crippen LogP contribution in [0.4, 0.5) is 5.95 Å². The number of hydrogen-bond donors (Lipinski definition) is 1. The summed E-state index contributed by atoms with van der Waals surface area (Å²) in [6.07, 6.45) is 0. The Morgan fingerprint density at radius 1 is 1.13 bits per heavy atom. The first-order valence-electron chi connectivity index (χ1n) is 7.42. The van der Waals surface area contributed by atoms with Crippen LogP contribution in [0.2, 0.25) is 0 Å². The maximum Gasteiger partial charge on any atom is 0.341 e. The summed E-state index contributed by atoms with van der Waals surface area (Å²) in [6.45, 7) is 7.83. The van der Waals surface area contributed by atoms with E-state index >= 15 is 0 Å². The third kappa shape index (κ3) is 4.18. The normalized spacial score (nSPS) is 10.4. The number of esters is 1. The molecule has 0 aliphatic carbocycles. The van der Waals surface area contributed by atoms with E-state index in [1.54, 1.807) is 13.8 Å². The van der Waals surface area contributed by atoms with Gasteiger partial charge in [-0.25, -0.2) is 14.8 Å². The van der Waals surface area contributed by atoms with Crippen LogP contribution in [-0.2, 0) is 11.3 Å². The van der Waals surface area contributed by atoms with E-state index in [1.165, 1.54) is 0 Å². The summed E-state index contributed by atoms with van der Waals surface area (Å²) in [6, 6.07) is 5.91. The Morgan fingerprint density at radius 3 is 2.39 bits per heavy atom. The molecule has 0 saturated carbocycles. The van der Waals surface area contributed by atoms with Gasteiger partial charge in [-0.15, -0.1) is 0 Å². The molecule has 1 heterocycles. The summed E-state index contributed by atoms with van der Waals surface area (Å²) in [4.78, 5) is 20.3. The van der Waals surface area contributed by atoms with Crippen LogP contribution in [0.5, 0.6) is 5.75 Å². The molecule has 6 nitrogen and oxygen atoms in total. The number of rotatable bonds is 5. The number of anilines is 1. The van der Waals surface area contributed by atoms with Gasteiger partial charge in [0.25, 0.3) is 0 Å². The molecule has 0 atom stereocenters. The molecule has 0 fully saturated rings. The van der Waals surface area contributed by atoms with E-state index < -0.39 is 5.97 Å². The van der Waals surface area contributed by atoms with Gasteiger partial charge >= 0.3 is 5.97 Å². The first-order chi connectivity index (χ1) is 10.9. The summed E-state index contributed by atoms with van der Waals surface area (Å²) in [5, 5.41) is 0. The van der Waals surface area contributed by atoms with E-state index in [4.69, 9.17) is 15.2 Å². The van der Waals surface area contributed by atoms with Crippen molar-refractivity contribution in [1.29, 1.82) is 0 Å². The SMILES string of the molecule is CCOC(=O)c1c(C)nc(N)nc1COc1cc(C)cc(C)c1. The lowest BCUT2D eigenvalue weighted by molar-refractivity contribution is 0.0521. The van der Waals surface area contributed by atoms with Crippen molar-refractivity contribution in [2.45, 2.75) is 34.3 Å². The molecule has 1 aromatic heterocycles. The molecule has 2 N–H and O–H groups in total. The lowest BCUT2D eigenvalue weighted by atomic mass is 10.1. The Bertz CT molecular complexity index is 709. The molecule has 2 rings (SSSR count). The highest BCUT2D eigenvalue weighted by Crippen LogP contribution is 2.20. The number of benzene rings is 1. The van der Waals surface area contributed by atoms with Gasteiger partial charge in [-0.05, 0) is 51.0 Å². The van der Waals surface area contributed by atoms with Crippen molar-refractivity contribution in [3.8, 4) is 5.75 Å². The molecule has 0 amide bonds. The molecule has 122 valence electrons. The van der Waals surface area contributed by atoms with E-state index in [0.717, 1.165) is 11.1 Å². The summed E-state index contributed by atoms with van der Waals surface area (Å²) in [5.41, 5.74) is 9.11. The van der Waals surface area contributed by atoms with Gasteiger partial charge in [-0.1, -0.05) is 6.07 Å². The molecule has 0 aliphatic rings. The zero-order valence-electron chi connectivity index (χ0n) is 13.8. The van der Waals surface area contributed by atoms with Crippen molar-refractivity contribution in [3.05, 3.63) is 46.3 Å². The van der Waals surface area contributed by atoms with E-state index in [9.17, 15) is 4.79 Å². The highest BCUT2D eigenvalue weighted by atomic mass is 16.5. The van der Waals surface area contributed by atoms with E-state index in [1.807, 2.05) is 26.0 Å². The smallest absolute Gasteiger partial charge is 0.341 e. The Labute approximate surface area is 135 Å². The minimum atomic E-state index is -0.468. The van der Waals surface area contributed by atoms with Crippen molar-refractivity contribution < 1.29 is 14.3 Å². The van der Waals surface area contributed by atoms with Crippen molar-refractivity contribution >= 4 is 11.9 Å². The molecule has 1 aromatic carbocycles. The monoisotopic (exact) mass is 315 g/mol. The molecular formula is C17H21N3O3. The summed E-state index contributed by atoms with van der Waals surface area (Å²) in [5.74, 6) is 0.353. The minimum absolute atomic E-state index is 0.106. The molecule has 0 aliphatic heterocycles. The molecule has 0 unspecified atom stereocenters. The van der Waals surface area contributed by atoms with Gasteiger partial charge in [-0.3, -0.25) is 0 Å². The van der Waals surface area contributed by atoms with Crippen LogP contribution < -0.4 is 10.5 Å². The first kappa shape index (κ1) is 16.7. The van der Waals surface area contributed by atoms with E-state index in [-0.39, 0.29) is 19.2 Å². The fraction of sp³-hybridized carbons (Fsp3) is 0.353. The minimum Gasteiger partial charge on any atom is -0.487 e. The third-order valence-corrected chi connectivity index (χ3v) is 3.23. The maximum absolute atomic E-state index is 12.1. The zero-order chi connectivity index (χ0) is 17.0. The predicted molar refractivity (Wildman–Crippen MR) is 87.4 cm³/mol. The second kappa shape index (κ2) is 7.09. The topological polar surface area (TPSA) is 87.3 Å². The van der Waals surface area contributed by atoms with Crippen LogP contribution >= 0.6 is 0 Å². The van der Waals surface area contributed by atoms with Crippen LogP contribution in [0.25, 0.3) is 0 Å². The number of aryl methyl sites for hydroxylation is 3. The second-order valence-corrected chi connectivity index (χ2v) is 5.32. The van der Waals surface area contributed by atoms with Crippen LogP contribution in [-0.4, -0.2) is 22.5 Å². The standard InChI is InChI=1S/C17H21N3O3/c1-5-22-16(21)15-12(4)19-17(18)20-14(15)9-23-13-7-10(2)6-11(3)8-13/h6-8H,5,9H2,1-4H3,(H2,18,19,20). The average molecular weight is 315 g/mol. The van der Waals surface area contributed by atoms with Crippen LogP contribution in [0.1, 0.15) is 39.8 Å². The molecule has 0 bridgehead atoms. The molecule has 23 heavy (non-hydrogen) atoms.